The number of halogens is 1. The molecule has 0 unspecified atom stereocenters. The molecule has 29 heavy (non-hydrogen) atoms. The number of aryl methyl sites for hydroxylation is 2. The number of hydrogen-bond acceptors (Lipinski definition) is 4. The lowest BCUT2D eigenvalue weighted by atomic mass is 10.0. The maximum Gasteiger partial charge on any atom is 0.262 e. The molecule has 2 aromatic heterocycles. The van der Waals surface area contributed by atoms with Crippen LogP contribution in [0.2, 0.25) is 5.02 Å². The van der Waals surface area contributed by atoms with Gasteiger partial charge in [-0.25, -0.2) is 4.98 Å². The van der Waals surface area contributed by atoms with Crippen LogP contribution in [0.1, 0.15) is 18.9 Å². The Kier molecular flexibility index (Phi) is 5.97. The van der Waals surface area contributed by atoms with E-state index < -0.39 is 0 Å². The minimum absolute atomic E-state index is 0.00249. The van der Waals surface area contributed by atoms with E-state index >= 15 is 0 Å². The molecule has 0 fully saturated rings. The molecule has 0 N–H and O–H groups in total. The van der Waals surface area contributed by atoms with Crippen LogP contribution in [0, 0.1) is 0 Å². The molecular weight excluding hydrogens is 404 g/mol. The first kappa shape index (κ1) is 19.7. The van der Waals surface area contributed by atoms with Gasteiger partial charge in [-0.1, -0.05) is 42.8 Å². The van der Waals surface area contributed by atoms with Crippen molar-refractivity contribution >= 4 is 33.2 Å². The fourth-order valence-electron chi connectivity index (χ4n) is 3.22. The van der Waals surface area contributed by atoms with Crippen LogP contribution in [0.4, 0.5) is 0 Å². The van der Waals surface area contributed by atoms with Crippen LogP contribution in [0.3, 0.4) is 0 Å². The van der Waals surface area contributed by atoms with Crippen LogP contribution in [-0.4, -0.2) is 16.2 Å². The summed E-state index contributed by atoms with van der Waals surface area (Å²) < 4.78 is 7.39. The number of ether oxygens (including phenoxy) is 1. The van der Waals surface area contributed by atoms with E-state index in [0.717, 1.165) is 28.1 Å². The fourth-order valence-corrected chi connectivity index (χ4v) is 4.25. The SMILES string of the molecule is CCc1ccc(-c2csc3ncn(CCCOc4ccc(Cl)cc4)c(=O)c23)cc1. The fraction of sp³-hybridized carbons (Fsp3) is 0.217. The zero-order chi connectivity index (χ0) is 20.2. The van der Waals surface area contributed by atoms with E-state index in [1.165, 1.54) is 16.9 Å². The van der Waals surface area contributed by atoms with Crippen molar-refractivity contribution in [1.82, 2.24) is 9.55 Å². The Balaban J connectivity index is 1.50. The molecule has 4 nitrogen and oxygen atoms in total. The molecule has 4 rings (SSSR count). The Morgan fingerprint density at radius 3 is 2.59 bits per heavy atom. The van der Waals surface area contributed by atoms with Crippen molar-refractivity contribution in [2.24, 2.45) is 0 Å². The van der Waals surface area contributed by atoms with Gasteiger partial charge in [-0.15, -0.1) is 11.3 Å². The third kappa shape index (κ3) is 4.36. The van der Waals surface area contributed by atoms with Crippen molar-refractivity contribution in [3.05, 3.63) is 81.2 Å². The predicted molar refractivity (Wildman–Crippen MR) is 120 cm³/mol. The van der Waals surface area contributed by atoms with Gasteiger partial charge in [0.1, 0.15) is 10.6 Å². The summed E-state index contributed by atoms with van der Waals surface area (Å²) in [4.78, 5) is 18.4. The van der Waals surface area contributed by atoms with Gasteiger partial charge in [0.15, 0.2) is 0 Å². The molecule has 2 heterocycles. The third-order valence-corrected chi connectivity index (χ3v) is 6.00. The Labute approximate surface area is 178 Å². The zero-order valence-corrected chi connectivity index (χ0v) is 17.7. The summed E-state index contributed by atoms with van der Waals surface area (Å²) in [6.07, 6.45) is 3.34. The maximum absolute atomic E-state index is 13.1. The van der Waals surface area contributed by atoms with Crippen molar-refractivity contribution < 1.29 is 4.74 Å². The number of rotatable bonds is 7. The monoisotopic (exact) mass is 424 g/mol. The van der Waals surface area contributed by atoms with Crippen molar-refractivity contribution in [3.8, 4) is 16.9 Å². The van der Waals surface area contributed by atoms with Crippen LogP contribution in [0.5, 0.6) is 5.75 Å². The number of hydrogen-bond donors (Lipinski definition) is 0. The largest absolute Gasteiger partial charge is 0.494 e. The summed E-state index contributed by atoms with van der Waals surface area (Å²) >= 11 is 7.39. The minimum Gasteiger partial charge on any atom is -0.494 e. The van der Waals surface area contributed by atoms with Crippen LogP contribution >= 0.6 is 22.9 Å². The summed E-state index contributed by atoms with van der Waals surface area (Å²) in [7, 11) is 0. The molecular formula is C23H21ClN2O2S. The molecule has 6 heteroatoms. The Morgan fingerprint density at radius 2 is 1.86 bits per heavy atom. The van der Waals surface area contributed by atoms with Crippen molar-refractivity contribution in [3.63, 3.8) is 0 Å². The number of fused-ring (bicyclic) bond motifs is 1. The summed E-state index contributed by atoms with van der Waals surface area (Å²) in [5.74, 6) is 0.769. The minimum atomic E-state index is -0.00249. The Bertz CT molecular complexity index is 1160. The average Bonchev–Trinajstić information content (AvgIpc) is 3.19. The smallest absolute Gasteiger partial charge is 0.262 e. The van der Waals surface area contributed by atoms with Gasteiger partial charge in [0, 0.05) is 22.5 Å². The molecule has 0 saturated heterocycles. The molecule has 148 valence electrons. The molecule has 0 aliphatic carbocycles. The van der Waals surface area contributed by atoms with E-state index in [1.54, 1.807) is 23.0 Å². The molecule has 2 aromatic carbocycles. The highest BCUT2D eigenvalue weighted by atomic mass is 35.5. The van der Waals surface area contributed by atoms with Gasteiger partial charge in [0.05, 0.1) is 18.3 Å². The Hall–Kier alpha value is -2.63. The first-order valence-corrected chi connectivity index (χ1v) is 10.9. The van der Waals surface area contributed by atoms with Crippen LogP contribution in [0.25, 0.3) is 21.3 Å². The maximum atomic E-state index is 13.1. The molecule has 4 aromatic rings. The lowest BCUT2D eigenvalue weighted by molar-refractivity contribution is 0.301. The zero-order valence-electron chi connectivity index (χ0n) is 16.1. The topological polar surface area (TPSA) is 44.1 Å². The summed E-state index contributed by atoms with van der Waals surface area (Å²) in [5, 5.41) is 3.40. The molecule has 0 radical (unpaired) electrons. The average molecular weight is 425 g/mol. The second-order valence-corrected chi connectivity index (χ2v) is 8.07. The lowest BCUT2D eigenvalue weighted by Crippen LogP contribution is -2.21. The highest BCUT2D eigenvalue weighted by Crippen LogP contribution is 2.30. The lowest BCUT2D eigenvalue weighted by Gasteiger charge is -2.08. The summed E-state index contributed by atoms with van der Waals surface area (Å²) in [6, 6.07) is 15.7. The summed E-state index contributed by atoms with van der Waals surface area (Å²) in [5.41, 5.74) is 3.29. The number of aromatic nitrogens is 2. The molecule has 0 aliphatic heterocycles. The first-order chi connectivity index (χ1) is 14.2. The third-order valence-electron chi connectivity index (χ3n) is 4.86. The quantitative estimate of drug-likeness (QED) is 0.351. The van der Waals surface area contributed by atoms with Gasteiger partial charge in [-0.05, 0) is 48.2 Å². The highest BCUT2D eigenvalue weighted by Gasteiger charge is 2.13. The number of nitrogens with zero attached hydrogens (tertiary/aromatic N) is 2. The predicted octanol–water partition coefficient (Wildman–Crippen LogP) is 5.81. The van der Waals surface area contributed by atoms with E-state index in [9.17, 15) is 4.79 Å². The van der Waals surface area contributed by atoms with Gasteiger partial charge in [-0.2, -0.15) is 0 Å². The standard InChI is InChI=1S/C23H21ClN2O2S/c1-2-16-4-6-17(7-5-16)20-14-29-22-21(20)23(27)26(15-25-22)12-3-13-28-19-10-8-18(24)9-11-19/h4-11,14-15H,2-3,12-13H2,1H3. The molecule has 0 amide bonds. The van der Waals surface area contributed by atoms with Crippen molar-refractivity contribution in [2.75, 3.05) is 6.61 Å². The molecule has 0 aliphatic rings. The summed E-state index contributed by atoms with van der Waals surface area (Å²) in [6.45, 7) is 3.20. The normalized spacial score (nSPS) is 11.1. The van der Waals surface area contributed by atoms with Gasteiger partial charge < -0.3 is 4.74 Å². The number of thiophene rings is 1. The van der Waals surface area contributed by atoms with E-state index in [1.807, 2.05) is 17.5 Å². The van der Waals surface area contributed by atoms with E-state index in [-0.39, 0.29) is 5.56 Å². The molecule has 0 saturated carbocycles. The van der Waals surface area contributed by atoms with Crippen LogP contribution in [-0.2, 0) is 13.0 Å². The Morgan fingerprint density at radius 1 is 1.10 bits per heavy atom. The van der Waals surface area contributed by atoms with Gasteiger partial charge in [0.25, 0.3) is 5.56 Å². The van der Waals surface area contributed by atoms with Crippen LogP contribution in [0.15, 0.2) is 65.0 Å². The first-order valence-electron chi connectivity index (χ1n) is 9.60. The van der Waals surface area contributed by atoms with Gasteiger partial charge in [-0.3, -0.25) is 9.36 Å². The second-order valence-electron chi connectivity index (χ2n) is 6.78. The van der Waals surface area contributed by atoms with Crippen molar-refractivity contribution in [2.45, 2.75) is 26.3 Å². The van der Waals surface area contributed by atoms with Crippen LogP contribution < -0.4 is 10.3 Å². The van der Waals surface area contributed by atoms with E-state index in [2.05, 4.69) is 36.2 Å². The molecule has 0 bridgehead atoms. The van der Waals surface area contributed by atoms with Crippen molar-refractivity contribution in [1.29, 1.82) is 0 Å². The highest BCUT2D eigenvalue weighted by molar-refractivity contribution is 7.17. The van der Waals surface area contributed by atoms with Gasteiger partial charge in [0.2, 0.25) is 0 Å². The molecule has 0 spiro atoms. The van der Waals surface area contributed by atoms with Gasteiger partial charge >= 0.3 is 0 Å². The van der Waals surface area contributed by atoms with E-state index in [4.69, 9.17) is 16.3 Å². The number of benzene rings is 2. The molecule has 0 atom stereocenters. The van der Waals surface area contributed by atoms with E-state index in [0.29, 0.717) is 30.0 Å². The second kappa shape index (κ2) is 8.80.